The number of hydrogen-bond donors (Lipinski definition) is 4. The van der Waals surface area contributed by atoms with E-state index in [0.29, 0.717) is 19.5 Å². The number of alkyl halides is 3. The van der Waals surface area contributed by atoms with Crippen LogP contribution in [0.4, 0.5) is 18.9 Å². The van der Waals surface area contributed by atoms with E-state index in [4.69, 9.17) is 0 Å². The first kappa shape index (κ1) is 27.2. The predicted molar refractivity (Wildman–Crippen MR) is 126 cm³/mol. The molecule has 0 aromatic heterocycles. The van der Waals surface area contributed by atoms with Gasteiger partial charge in [-0.15, -0.1) is 0 Å². The second-order valence-corrected chi connectivity index (χ2v) is 9.05. The molecule has 194 valence electrons. The van der Waals surface area contributed by atoms with Gasteiger partial charge in [0.2, 0.25) is 11.8 Å². The van der Waals surface area contributed by atoms with Gasteiger partial charge in [-0.2, -0.15) is 13.2 Å². The molecule has 1 unspecified atom stereocenters. The van der Waals surface area contributed by atoms with Crippen LogP contribution in [0.5, 0.6) is 0 Å². The van der Waals surface area contributed by atoms with Crippen LogP contribution in [-0.4, -0.2) is 53.8 Å². The molecule has 0 saturated carbocycles. The van der Waals surface area contributed by atoms with Crippen molar-refractivity contribution in [2.24, 2.45) is 0 Å². The lowest BCUT2D eigenvalue weighted by Crippen LogP contribution is -2.69. The highest BCUT2D eigenvalue weighted by atomic mass is 19.4. The fourth-order valence-electron chi connectivity index (χ4n) is 4.01. The standard InChI is InChI=1S/C25H30F3N5O3/c26-25(27,28)17-7-4-8-19(13-17)31-24(36)21(10-9-16-5-2-1-3-6-16)32-23(35)20(30)14-22(34)33-12-11-18(29)15-33/h1-8,13,18,20-21H,9-12,14-15,29-30H2,(H,31,36)(H,32,35)/p+2/t18?,20-,21-/m0/s1. The molecule has 3 rings (SSSR count). The van der Waals surface area contributed by atoms with Gasteiger partial charge in [-0.25, -0.2) is 0 Å². The summed E-state index contributed by atoms with van der Waals surface area (Å²) in [6.45, 7) is 1.12. The first-order valence-electron chi connectivity index (χ1n) is 11.8. The van der Waals surface area contributed by atoms with E-state index in [2.05, 4.69) is 22.1 Å². The van der Waals surface area contributed by atoms with Gasteiger partial charge in [0.25, 0.3) is 5.91 Å². The van der Waals surface area contributed by atoms with Crippen molar-refractivity contribution >= 4 is 23.4 Å². The number of nitrogens with one attached hydrogen (secondary N) is 2. The molecule has 11 heteroatoms. The summed E-state index contributed by atoms with van der Waals surface area (Å²) in [7, 11) is 0. The van der Waals surface area contributed by atoms with E-state index in [1.165, 1.54) is 12.1 Å². The minimum Gasteiger partial charge on any atom is -0.354 e. The average molecular weight is 508 g/mol. The second kappa shape index (κ2) is 12.0. The molecule has 1 heterocycles. The molecule has 0 spiro atoms. The number of amides is 3. The summed E-state index contributed by atoms with van der Waals surface area (Å²) in [4.78, 5) is 40.0. The van der Waals surface area contributed by atoms with Crippen LogP contribution in [0.1, 0.15) is 30.4 Å². The molecule has 3 atom stereocenters. The molecule has 1 aliphatic rings. The Bertz CT molecular complexity index is 1060. The van der Waals surface area contributed by atoms with Crippen LogP contribution in [0.15, 0.2) is 54.6 Å². The van der Waals surface area contributed by atoms with Gasteiger partial charge >= 0.3 is 6.18 Å². The lowest BCUT2D eigenvalue weighted by Gasteiger charge is -2.21. The van der Waals surface area contributed by atoms with Crippen molar-refractivity contribution in [1.82, 2.24) is 10.2 Å². The van der Waals surface area contributed by atoms with Crippen molar-refractivity contribution in [3.05, 3.63) is 65.7 Å². The maximum Gasteiger partial charge on any atom is 0.416 e. The molecule has 2 aromatic rings. The number of anilines is 1. The molecule has 1 saturated heterocycles. The third-order valence-electron chi connectivity index (χ3n) is 6.09. The number of nitrogens with zero attached hydrogens (tertiary/aromatic N) is 1. The summed E-state index contributed by atoms with van der Waals surface area (Å²) < 4.78 is 39.2. The second-order valence-electron chi connectivity index (χ2n) is 9.05. The molecule has 8 nitrogen and oxygen atoms in total. The Morgan fingerprint density at radius 3 is 2.42 bits per heavy atom. The maximum absolute atomic E-state index is 13.1. The van der Waals surface area contributed by atoms with Crippen LogP contribution in [0.25, 0.3) is 0 Å². The van der Waals surface area contributed by atoms with Crippen molar-refractivity contribution in [2.45, 2.75) is 50.0 Å². The molecule has 36 heavy (non-hydrogen) atoms. The van der Waals surface area contributed by atoms with E-state index in [9.17, 15) is 27.6 Å². The summed E-state index contributed by atoms with van der Waals surface area (Å²) in [6.07, 6.45) is -3.22. The number of carbonyl (C=O) groups excluding carboxylic acids is 3. The lowest BCUT2D eigenvalue weighted by molar-refractivity contribution is -0.414. The van der Waals surface area contributed by atoms with E-state index in [1.54, 1.807) is 4.90 Å². The third kappa shape index (κ3) is 7.79. The van der Waals surface area contributed by atoms with Gasteiger partial charge in [0.1, 0.15) is 12.1 Å². The largest absolute Gasteiger partial charge is 0.416 e. The number of aryl methyl sites for hydroxylation is 1. The van der Waals surface area contributed by atoms with Crippen molar-refractivity contribution in [3.8, 4) is 0 Å². The zero-order valence-corrected chi connectivity index (χ0v) is 19.9. The molecular weight excluding hydrogens is 475 g/mol. The Labute approximate surface area is 207 Å². The number of halogens is 3. The smallest absolute Gasteiger partial charge is 0.354 e. The van der Waals surface area contributed by atoms with Crippen molar-refractivity contribution in [1.29, 1.82) is 0 Å². The van der Waals surface area contributed by atoms with Gasteiger partial charge in [-0.3, -0.25) is 14.4 Å². The molecule has 3 amide bonds. The number of rotatable bonds is 9. The summed E-state index contributed by atoms with van der Waals surface area (Å²) >= 11 is 0. The molecule has 0 radical (unpaired) electrons. The Balaban J connectivity index is 1.67. The van der Waals surface area contributed by atoms with Crippen LogP contribution in [0.3, 0.4) is 0 Å². The SMILES string of the molecule is [NH3+]C1CCN(C(=O)C[C@H]([NH3+])C(=O)N[C@@H](CCc2ccccc2)C(=O)Nc2cccc(C(F)(F)F)c2)C1. The lowest BCUT2D eigenvalue weighted by atomic mass is 10.0. The predicted octanol–water partition coefficient (Wildman–Crippen LogP) is 0.605. The van der Waals surface area contributed by atoms with Crippen LogP contribution >= 0.6 is 0 Å². The van der Waals surface area contributed by atoms with Gasteiger partial charge < -0.3 is 27.0 Å². The Hall–Kier alpha value is -3.44. The van der Waals surface area contributed by atoms with E-state index in [0.717, 1.165) is 24.1 Å². The molecule has 0 bridgehead atoms. The van der Waals surface area contributed by atoms with Crippen molar-refractivity contribution in [2.75, 3.05) is 18.4 Å². The molecule has 1 aliphatic heterocycles. The third-order valence-corrected chi connectivity index (χ3v) is 6.09. The maximum atomic E-state index is 13.1. The quantitative estimate of drug-likeness (QED) is 0.396. The van der Waals surface area contributed by atoms with E-state index in [-0.39, 0.29) is 30.5 Å². The highest BCUT2D eigenvalue weighted by Crippen LogP contribution is 2.30. The summed E-state index contributed by atoms with van der Waals surface area (Å²) in [5, 5.41) is 5.11. The average Bonchev–Trinajstić information content (AvgIpc) is 3.28. The summed E-state index contributed by atoms with van der Waals surface area (Å²) in [5.74, 6) is -1.44. The van der Waals surface area contributed by atoms with Gasteiger partial charge in [0.15, 0.2) is 6.04 Å². The van der Waals surface area contributed by atoms with Gasteiger partial charge in [-0.05, 0) is 36.6 Å². The Kier molecular flexibility index (Phi) is 9.05. The molecule has 8 N–H and O–H groups in total. The zero-order valence-electron chi connectivity index (χ0n) is 19.9. The van der Waals surface area contributed by atoms with Crippen molar-refractivity contribution < 1.29 is 39.0 Å². The first-order valence-corrected chi connectivity index (χ1v) is 11.8. The van der Waals surface area contributed by atoms with Gasteiger partial charge in [0, 0.05) is 18.7 Å². The van der Waals surface area contributed by atoms with Gasteiger partial charge in [-0.1, -0.05) is 36.4 Å². The number of likely N-dealkylation sites (tertiary alicyclic amines) is 1. The number of benzene rings is 2. The monoisotopic (exact) mass is 507 g/mol. The normalized spacial score (nSPS) is 17.4. The highest BCUT2D eigenvalue weighted by molar-refractivity contribution is 5.98. The minimum atomic E-state index is -4.56. The van der Waals surface area contributed by atoms with Crippen LogP contribution in [-0.2, 0) is 27.0 Å². The highest BCUT2D eigenvalue weighted by Gasteiger charge is 2.33. The number of hydrogen-bond acceptors (Lipinski definition) is 3. The summed E-state index contributed by atoms with van der Waals surface area (Å²) in [5.41, 5.74) is 7.74. The molecule has 1 fully saturated rings. The fourth-order valence-corrected chi connectivity index (χ4v) is 4.01. The Morgan fingerprint density at radius 2 is 1.78 bits per heavy atom. The molecule has 2 aromatic carbocycles. The number of carbonyl (C=O) groups is 3. The first-order chi connectivity index (χ1) is 17.0. The minimum absolute atomic E-state index is 0.0353. The fraction of sp³-hybridized carbons (Fsp3) is 0.400. The van der Waals surface area contributed by atoms with Crippen LogP contribution in [0, 0.1) is 0 Å². The zero-order chi connectivity index (χ0) is 26.3. The van der Waals surface area contributed by atoms with Crippen LogP contribution in [0.2, 0.25) is 0 Å². The topological polar surface area (TPSA) is 134 Å². The number of quaternary nitrogens is 2. The van der Waals surface area contributed by atoms with Gasteiger partial charge in [0.05, 0.1) is 18.5 Å². The Morgan fingerprint density at radius 1 is 1.06 bits per heavy atom. The van der Waals surface area contributed by atoms with E-state index < -0.39 is 35.6 Å². The van der Waals surface area contributed by atoms with E-state index >= 15 is 0 Å². The van der Waals surface area contributed by atoms with Crippen molar-refractivity contribution in [3.63, 3.8) is 0 Å². The summed E-state index contributed by atoms with van der Waals surface area (Å²) in [6, 6.07) is 11.8. The molecular formula is C25H32F3N5O3+2. The van der Waals surface area contributed by atoms with E-state index in [1.807, 2.05) is 30.3 Å². The molecule has 0 aliphatic carbocycles. The van der Waals surface area contributed by atoms with Crippen LogP contribution < -0.4 is 22.1 Å².